The van der Waals surface area contributed by atoms with Gasteiger partial charge in [-0.25, -0.2) is 9.98 Å². The number of nitrogens with one attached hydrogen (secondary N) is 2. The minimum absolute atomic E-state index is 0.668. The molecule has 29 heavy (non-hydrogen) atoms. The van der Waals surface area contributed by atoms with Crippen molar-refractivity contribution in [1.29, 1.82) is 0 Å². The van der Waals surface area contributed by atoms with Crippen LogP contribution in [-0.4, -0.2) is 68.8 Å². The number of anilines is 2. The SMILES string of the molecule is CCNC(=NCc1ccc(NCCOC)cc1)N1CCN(c2ccccn2)CC1. The zero-order chi connectivity index (χ0) is 20.3. The number of aromatic nitrogens is 1. The van der Waals surface area contributed by atoms with Crippen LogP contribution in [0.2, 0.25) is 0 Å². The number of benzene rings is 1. The van der Waals surface area contributed by atoms with Crippen LogP contribution < -0.4 is 15.5 Å². The predicted molar refractivity (Wildman–Crippen MR) is 120 cm³/mol. The van der Waals surface area contributed by atoms with Crippen LogP contribution in [0.3, 0.4) is 0 Å². The second-order valence-corrected chi connectivity index (χ2v) is 6.95. The third kappa shape index (κ3) is 6.35. The van der Waals surface area contributed by atoms with E-state index < -0.39 is 0 Å². The highest BCUT2D eigenvalue weighted by Gasteiger charge is 2.20. The van der Waals surface area contributed by atoms with Crippen LogP contribution >= 0.6 is 0 Å². The summed E-state index contributed by atoms with van der Waals surface area (Å²) in [5, 5.41) is 6.77. The molecule has 2 aromatic rings. The zero-order valence-electron chi connectivity index (χ0n) is 17.5. The van der Waals surface area contributed by atoms with Crippen LogP contribution in [0, 0.1) is 0 Å². The molecule has 0 saturated carbocycles. The number of piperazine rings is 1. The van der Waals surface area contributed by atoms with E-state index in [9.17, 15) is 0 Å². The molecule has 0 unspecified atom stereocenters. The van der Waals surface area contributed by atoms with Crippen LogP contribution in [0.25, 0.3) is 0 Å². The van der Waals surface area contributed by atoms with E-state index >= 15 is 0 Å². The van der Waals surface area contributed by atoms with Crippen LogP contribution in [0.4, 0.5) is 11.5 Å². The number of hydrogen-bond acceptors (Lipinski definition) is 5. The molecule has 1 fully saturated rings. The molecule has 1 aromatic carbocycles. The van der Waals surface area contributed by atoms with Gasteiger partial charge in [0.25, 0.3) is 0 Å². The fourth-order valence-corrected chi connectivity index (χ4v) is 3.31. The lowest BCUT2D eigenvalue weighted by Gasteiger charge is -2.37. The van der Waals surface area contributed by atoms with Crippen molar-refractivity contribution >= 4 is 17.5 Å². The highest BCUT2D eigenvalue weighted by Crippen LogP contribution is 2.13. The maximum atomic E-state index is 5.07. The van der Waals surface area contributed by atoms with Crippen LogP contribution in [0.5, 0.6) is 0 Å². The first kappa shape index (κ1) is 20.9. The van der Waals surface area contributed by atoms with Gasteiger partial charge in [-0.05, 0) is 36.8 Å². The Kier molecular flexibility index (Phi) is 8.12. The Hall–Kier alpha value is -2.80. The van der Waals surface area contributed by atoms with Gasteiger partial charge in [0.05, 0.1) is 13.2 Å². The molecule has 7 nitrogen and oxygen atoms in total. The Morgan fingerprint density at radius 1 is 1.10 bits per heavy atom. The van der Waals surface area contributed by atoms with E-state index in [1.165, 1.54) is 5.56 Å². The molecule has 1 aliphatic heterocycles. The number of nitrogens with zero attached hydrogens (tertiary/aromatic N) is 4. The van der Waals surface area contributed by atoms with Gasteiger partial charge in [-0.1, -0.05) is 18.2 Å². The van der Waals surface area contributed by atoms with Gasteiger partial charge < -0.3 is 25.2 Å². The maximum Gasteiger partial charge on any atom is 0.194 e. The van der Waals surface area contributed by atoms with Gasteiger partial charge in [-0.3, -0.25) is 0 Å². The van der Waals surface area contributed by atoms with E-state index in [-0.39, 0.29) is 0 Å². The van der Waals surface area contributed by atoms with E-state index in [4.69, 9.17) is 9.73 Å². The topological polar surface area (TPSA) is 65.0 Å². The summed E-state index contributed by atoms with van der Waals surface area (Å²) in [7, 11) is 1.71. The fraction of sp³-hybridized carbons (Fsp3) is 0.455. The number of pyridine rings is 1. The standard InChI is InChI=1S/C22H32N6O/c1-3-23-22(26-18-19-7-9-20(10-8-19)24-12-17-29-2)28-15-13-27(14-16-28)21-6-4-5-11-25-21/h4-11,24H,3,12-18H2,1-2H3,(H,23,26). The van der Waals surface area contributed by atoms with E-state index in [1.54, 1.807) is 7.11 Å². The summed E-state index contributed by atoms with van der Waals surface area (Å²) >= 11 is 0. The summed E-state index contributed by atoms with van der Waals surface area (Å²) in [5.41, 5.74) is 2.30. The second kappa shape index (κ2) is 11.3. The monoisotopic (exact) mass is 396 g/mol. The number of guanidine groups is 1. The molecule has 1 aliphatic rings. The molecule has 2 heterocycles. The van der Waals surface area contributed by atoms with E-state index in [0.29, 0.717) is 13.2 Å². The highest BCUT2D eigenvalue weighted by atomic mass is 16.5. The number of rotatable bonds is 8. The largest absolute Gasteiger partial charge is 0.383 e. The molecule has 3 rings (SSSR count). The summed E-state index contributed by atoms with van der Waals surface area (Å²) in [6, 6.07) is 14.5. The van der Waals surface area contributed by atoms with Crippen molar-refractivity contribution in [2.45, 2.75) is 13.5 Å². The number of hydrogen-bond donors (Lipinski definition) is 2. The number of methoxy groups -OCH3 is 1. The van der Waals surface area contributed by atoms with Gasteiger partial charge in [-0.2, -0.15) is 0 Å². The van der Waals surface area contributed by atoms with Gasteiger partial charge in [0.15, 0.2) is 5.96 Å². The summed E-state index contributed by atoms with van der Waals surface area (Å²) < 4.78 is 5.07. The van der Waals surface area contributed by atoms with Crippen molar-refractivity contribution < 1.29 is 4.74 Å². The number of aliphatic imine (C=N–C) groups is 1. The zero-order valence-corrected chi connectivity index (χ0v) is 17.5. The van der Waals surface area contributed by atoms with Crippen molar-refractivity contribution in [3.05, 3.63) is 54.2 Å². The van der Waals surface area contributed by atoms with Gasteiger partial charge in [0.1, 0.15) is 5.82 Å². The summed E-state index contributed by atoms with van der Waals surface area (Å²) in [4.78, 5) is 14.0. The van der Waals surface area contributed by atoms with Gasteiger partial charge in [0, 0.05) is 58.3 Å². The van der Waals surface area contributed by atoms with Crippen molar-refractivity contribution in [3.8, 4) is 0 Å². The Bertz CT molecular complexity index is 742. The quantitative estimate of drug-likeness (QED) is 0.406. The van der Waals surface area contributed by atoms with Crippen LogP contribution in [-0.2, 0) is 11.3 Å². The third-order valence-corrected chi connectivity index (χ3v) is 4.89. The summed E-state index contributed by atoms with van der Waals surface area (Å²) in [6.45, 7) is 8.92. The Morgan fingerprint density at radius 2 is 1.90 bits per heavy atom. The average Bonchev–Trinajstić information content (AvgIpc) is 2.78. The molecule has 0 radical (unpaired) electrons. The lowest BCUT2D eigenvalue weighted by molar-refractivity contribution is 0.211. The van der Waals surface area contributed by atoms with Crippen molar-refractivity contribution in [2.24, 2.45) is 4.99 Å². The van der Waals surface area contributed by atoms with Crippen LogP contribution in [0.1, 0.15) is 12.5 Å². The average molecular weight is 397 g/mol. The molecule has 7 heteroatoms. The van der Waals surface area contributed by atoms with Gasteiger partial charge in [-0.15, -0.1) is 0 Å². The Balaban J connectivity index is 1.54. The predicted octanol–water partition coefficient (Wildman–Crippen LogP) is 2.43. The van der Waals surface area contributed by atoms with Crippen LogP contribution in [0.15, 0.2) is 53.7 Å². The minimum Gasteiger partial charge on any atom is -0.383 e. The summed E-state index contributed by atoms with van der Waals surface area (Å²) in [5.74, 6) is 2.03. The molecule has 0 bridgehead atoms. The van der Waals surface area contributed by atoms with E-state index in [0.717, 1.165) is 56.7 Å². The Labute approximate surface area is 173 Å². The molecule has 0 amide bonds. The van der Waals surface area contributed by atoms with Crippen molar-refractivity contribution in [2.75, 3.05) is 63.2 Å². The second-order valence-electron chi connectivity index (χ2n) is 6.95. The van der Waals surface area contributed by atoms with Crippen molar-refractivity contribution in [1.82, 2.24) is 15.2 Å². The van der Waals surface area contributed by atoms with E-state index in [1.807, 2.05) is 18.3 Å². The normalized spacial score (nSPS) is 14.8. The molecule has 1 aromatic heterocycles. The molecule has 2 N–H and O–H groups in total. The molecule has 1 saturated heterocycles. The third-order valence-electron chi connectivity index (χ3n) is 4.89. The molecular weight excluding hydrogens is 364 g/mol. The van der Waals surface area contributed by atoms with E-state index in [2.05, 4.69) is 62.7 Å². The van der Waals surface area contributed by atoms with Gasteiger partial charge >= 0.3 is 0 Å². The highest BCUT2D eigenvalue weighted by molar-refractivity contribution is 5.80. The lowest BCUT2D eigenvalue weighted by atomic mass is 10.2. The molecule has 0 spiro atoms. The Morgan fingerprint density at radius 3 is 2.55 bits per heavy atom. The lowest BCUT2D eigenvalue weighted by Crippen LogP contribution is -2.52. The molecule has 0 atom stereocenters. The van der Waals surface area contributed by atoms with Gasteiger partial charge in [0.2, 0.25) is 0 Å². The first-order chi connectivity index (χ1) is 14.3. The molecule has 156 valence electrons. The van der Waals surface area contributed by atoms with Crippen molar-refractivity contribution in [3.63, 3.8) is 0 Å². The first-order valence-electron chi connectivity index (χ1n) is 10.3. The fourth-order valence-electron chi connectivity index (χ4n) is 3.31. The molecule has 0 aliphatic carbocycles. The summed E-state index contributed by atoms with van der Waals surface area (Å²) in [6.07, 6.45) is 1.85. The number of ether oxygens (including phenoxy) is 1. The smallest absolute Gasteiger partial charge is 0.194 e. The molecular formula is C22H32N6O. The maximum absolute atomic E-state index is 5.07. The first-order valence-corrected chi connectivity index (χ1v) is 10.3. The minimum atomic E-state index is 0.668.